The Labute approximate surface area is 284 Å². The third-order valence-electron chi connectivity index (χ3n) is 9.72. The molecule has 0 saturated carbocycles. The maximum atomic E-state index is 12.9. The van der Waals surface area contributed by atoms with Crippen molar-refractivity contribution < 1.29 is 9.59 Å². The minimum absolute atomic E-state index is 0.0535. The zero-order chi connectivity index (χ0) is 34.5. The molecule has 48 heavy (non-hydrogen) atoms. The van der Waals surface area contributed by atoms with E-state index >= 15 is 0 Å². The van der Waals surface area contributed by atoms with Crippen molar-refractivity contribution in [3.8, 4) is 0 Å². The maximum absolute atomic E-state index is 12.9. The first-order valence-electron chi connectivity index (χ1n) is 17.2. The Morgan fingerprint density at radius 1 is 0.708 bits per heavy atom. The van der Waals surface area contributed by atoms with Crippen molar-refractivity contribution in [3.63, 3.8) is 0 Å². The SMILES string of the molecule is C=Cc1c(C)c2cc3[nH]c(cc4nc(cc5nc(cc1[nH]2)C(C)=C5CCC(C)=O)C(CCC(=O)NCCCCCC)=C4C)c(C)c3C=C. The number of rotatable bonds is 13. The van der Waals surface area contributed by atoms with Gasteiger partial charge < -0.3 is 20.1 Å². The smallest absolute Gasteiger partial charge is 0.220 e. The molecule has 0 saturated heterocycles. The van der Waals surface area contributed by atoms with Crippen LogP contribution >= 0.6 is 0 Å². The zero-order valence-corrected chi connectivity index (χ0v) is 29.5. The summed E-state index contributed by atoms with van der Waals surface area (Å²) in [5.41, 5.74) is 15.5. The van der Waals surface area contributed by atoms with Gasteiger partial charge in [-0.25, -0.2) is 9.97 Å². The van der Waals surface area contributed by atoms with Crippen LogP contribution in [0.2, 0.25) is 0 Å². The molecule has 0 atom stereocenters. The van der Waals surface area contributed by atoms with Gasteiger partial charge in [-0.1, -0.05) is 51.5 Å². The van der Waals surface area contributed by atoms with E-state index in [0.29, 0.717) is 32.2 Å². The van der Waals surface area contributed by atoms with E-state index in [9.17, 15) is 9.59 Å². The fourth-order valence-corrected chi connectivity index (χ4v) is 6.71. The Morgan fingerprint density at radius 2 is 1.23 bits per heavy atom. The van der Waals surface area contributed by atoms with Gasteiger partial charge in [-0.15, -0.1) is 0 Å². The van der Waals surface area contributed by atoms with E-state index in [0.717, 1.165) is 102 Å². The predicted octanol–water partition coefficient (Wildman–Crippen LogP) is 9.92. The number of hydrogen-bond acceptors (Lipinski definition) is 4. The molecule has 250 valence electrons. The molecule has 0 fully saturated rings. The molecule has 2 aliphatic rings. The molecule has 2 aliphatic heterocycles. The van der Waals surface area contributed by atoms with E-state index < -0.39 is 0 Å². The summed E-state index contributed by atoms with van der Waals surface area (Å²) >= 11 is 0. The molecule has 0 spiro atoms. The molecule has 7 heteroatoms. The molecule has 7 nitrogen and oxygen atoms in total. The molecule has 5 heterocycles. The van der Waals surface area contributed by atoms with Gasteiger partial charge in [0, 0.05) is 52.6 Å². The number of hydrogen-bond donors (Lipinski definition) is 3. The number of aromatic amines is 2. The summed E-state index contributed by atoms with van der Waals surface area (Å²) in [5, 5.41) is 3.10. The molecule has 3 aromatic rings. The Bertz CT molecular complexity index is 2020. The number of allylic oxidation sites excluding steroid dienone is 4. The number of aromatic nitrogens is 4. The minimum Gasteiger partial charge on any atom is -0.356 e. The van der Waals surface area contributed by atoms with Crippen LogP contribution in [0.1, 0.15) is 124 Å². The van der Waals surface area contributed by atoms with Crippen molar-refractivity contribution >= 4 is 68.2 Å². The third-order valence-corrected chi connectivity index (χ3v) is 9.72. The van der Waals surface area contributed by atoms with Crippen molar-refractivity contribution in [1.82, 2.24) is 25.3 Å². The number of nitrogens with zero attached hydrogens (tertiary/aromatic N) is 2. The van der Waals surface area contributed by atoms with E-state index in [-0.39, 0.29) is 11.7 Å². The zero-order valence-electron chi connectivity index (χ0n) is 29.5. The summed E-state index contributed by atoms with van der Waals surface area (Å²) in [7, 11) is 0. The number of nitrogens with one attached hydrogen (secondary N) is 3. The first kappa shape index (κ1) is 34.6. The highest BCUT2D eigenvalue weighted by atomic mass is 16.1. The Morgan fingerprint density at radius 3 is 1.77 bits per heavy atom. The number of carbonyl (C=O) groups excluding carboxylic acids is 2. The summed E-state index contributed by atoms with van der Waals surface area (Å²) in [6, 6.07) is 8.34. The predicted molar refractivity (Wildman–Crippen MR) is 202 cm³/mol. The van der Waals surface area contributed by atoms with Crippen LogP contribution in [-0.2, 0) is 9.59 Å². The number of H-pyrrole nitrogens is 2. The molecule has 3 aromatic heterocycles. The number of amides is 1. The highest BCUT2D eigenvalue weighted by Crippen LogP contribution is 2.38. The summed E-state index contributed by atoms with van der Waals surface area (Å²) in [6.45, 7) is 21.1. The highest BCUT2D eigenvalue weighted by molar-refractivity contribution is 5.97. The quantitative estimate of drug-likeness (QED) is 0.161. The Hall–Kier alpha value is -4.78. The van der Waals surface area contributed by atoms with Gasteiger partial charge in [-0.05, 0) is 112 Å². The van der Waals surface area contributed by atoms with Crippen LogP contribution < -0.4 is 5.32 Å². The van der Waals surface area contributed by atoms with Gasteiger partial charge in [0.2, 0.25) is 5.91 Å². The van der Waals surface area contributed by atoms with Crippen LogP contribution in [-0.4, -0.2) is 38.2 Å². The van der Waals surface area contributed by atoms with Gasteiger partial charge in [0.1, 0.15) is 5.78 Å². The molecule has 0 unspecified atom stereocenters. The number of fused-ring (bicyclic) bond motifs is 8. The largest absolute Gasteiger partial charge is 0.356 e. The van der Waals surface area contributed by atoms with Crippen LogP contribution in [0.25, 0.3) is 56.5 Å². The lowest BCUT2D eigenvalue weighted by Crippen LogP contribution is -2.24. The minimum atomic E-state index is 0.0535. The van der Waals surface area contributed by atoms with Gasteiger partial charge in [0.15, 0.2) is 0 Å². The first-order valence-corrected chi connectivity index (χ1v) is 17.2. The van der Waals surface area contributed by atoms with Crippen LogP contribution in [0.3, 0.4) is 0 Å². The normalized spacial score (nSPS) is 12.9. The summed E-state index contributed by atoms with van der Waals surface area (Å²) in [4.78, 5) is 42.6. The van der Waals surface area contributed by atoms with Crippen molar-refractivity contribution in [2.75, 3.05) is 6.54 Å². The average molecular weight is 644 g/mol. The number of aryl methyl sites for hydroxylation is 2. The first-order chi connectivity index (χ1) is 23.1. The van der Waals surface area contributed by atoms with Gasteiger partial charge >= 0.3 is 0 Å². The van der Waals surface area contributed by atoms with E-state index in [1.807, 2.05) is 18.2 Å². The topological polar surface area (TPSA) is 104 Å². The van der Waals surface area contributed by atoms with Crippen molar-refractivity contribution in [2.24, 2.45) is 0 Å². The van der Waals surface area contributed by atoms with E-state index in [2.05, 4.69) is 81.3 Å². The highest BCUT2D eigenvalue weighted by Gasteiger charge is 2.22. The summed E-state index contributed by atoms with van der Waals surface area (Å²) in [5.74, 6) is 0.192. The average Bonchev–Trinajstić information content (AvgIpc) is 3.71. The van der Waals surface area contributed by atoms with E-state index in [1.54, 1.807) is 6.92 Å². The van der Waals surface area contributed by atoms with E-state index in [1.165, 1.54) is 12.8 Å². The molecule has 8 bridgehead atoms. The standard InChI is InChI=1S/C41H49N5O2/c1-9-12-13-14-19-42-41(48)18-17-32-28(8)34-20-33-25(5)29(10-2)37(43-33)21-35-26(6)30(11-3)38(44-35)22-36-27(7)31(16-15-24(4)47)39(46-36)23-40(32)45-34/h10-11,20-23,43-44H,2-3,9,12-19H2,1,4-8H3,(H,42,48). The second-order valence-electron chi connectivity index (χ2n) is 13.1. The number of Topliss-reactive ketones (excluding diaryl/α,β-unsaturated/α-hetero) is 1. The summed E-state index contributed by atoms with van der Waals surface area (Å²) < 4.78 is 0. The fourth-order valence-electron chi connectivity index (χ4n) is 6.71. The maximum Gasteiger partial charge on any atom is 0.220 e. The third kappa shape index (κ3) is 7.20. The van der Waals surface area contributed by atoms with Gasteiger partial charge in [0.05, 0.1) is 22.8 Å². The Balaban J connectivity index is 1.73. The van der Waals surface area contributed by atoms with E-state index in [4.69, 9.17) is 9.97 Å². The Kier molecular flexibility index (Phi) is 10.8. The molecule has 3 N–H and O–H groups in total. The van der Waals surface area contributed by atoms with Crippen molar-refractivity contribution in [1.29, 1.82) is 0 Å². The van der Waals surface area contributed by atoms with Crippen molar-refractivity contribution in [2.45, 2.75) is 92.9 Å². The van der Waals surface area contributed by atoms with Gasteiger partial charge in [0.25, 0.3) is 0 Å². The lowest BCUT2D eigenvalue weighted by atomic mass is 9.97. The van der Waals surface area contributed by atoms with Crippen LogP contribution in [0.15, 0.2) is 37.4 Å². The second kappa shape index (κ2) is 15.0. The molecule has 1 amide bonds. The number of unbranched alkanes of at least 4 members (excludes halogenated alkanes) is 3. The van der Waals surface area contributed by atoms with Crippen molar-refractivity contribution in [3.05, 3.63) is 82.5 Å². The number of carbonyl (C=O) groups is 2. The lowest BCUT2D eigenvalue weighted by Gasteiger charge is -2.08. The molecular weight excluding hydrogens is 594 g/mol. The fraction of sp³-hybridized carbons (Fsp3) is 0.366. The summed E-state index contributed by atoms with van der Waals surface area (Å²) in [6.07, 6.45) is 10.2. The molecule has 0 radical (unpaired) electrons. The molecule has 0 aromatic carbocycles. The van der Waals surface area contributed by atoms with Crippen LogP contribution in [0.5, 0.6) is 0 Å². The second-order valence-corrected chi connectivity index (χ2v) is 13.1. The molecule has 5 rings (SSSR count). The monoisotopic (exact) mass is 643 g/mol. The van der Waals surface area contributed by atoms with Crippen LogP contribution in [0.4, 0.5) is 0 Å². The lowest BCUT2D eigenvalue weighted by molar-refractivity contribution is -0.121. The van der Waals surface area contributed by atoms with Gasteiger partial charge in [-0.2, -0.15) is 0 Å². The van der Waals surface area contributed by atoms with Gasteiger partial charge in [-0.3, -0.25) is 4.79 Å². The molecule has 0 aliphatic carbocycles. The van der Waals surface area contributed by atoms with Crippen LogP contribution in [0, 0.1) is 13.8 Å². The number of ketones is 1. The molecular formula is C41H49N5O2.